The van der Waals surface area contributed by atoms with E-state index < -0.39 is 0 Å². The second-order valence-corrected chi connectivity index (χ2v) is 7.30. The molecule has 3 nitrogen and oxygen atoms in total. The third-order valence-corrected chi connectivity index (χ3v) is 5.86. The van der Waals surface area contributed by atoms with Gasteiger partial charge in [0, 0.05) is 39.8 Å². The Hall–Kier alpha value is -3.59. The van der Waals surface area contributed by atoms with Gasteiger partial charge in [0.25, 0.3) is 0 Å². The van der Waals surface area contributed by atoms with Gasteiger partial charge in [-0.2, -0.15) is 0 Å². The van der Waals surface area contributed by atoms with Crippen LogP contribution in [-0.2, 0) is 6.42 Å². The molecule has 3 heteroatoms. The van der Waals surface area contributed by atoms with Crippen LogP contribution >= 0.6 is 0 Å². The molecule has 28 heavy (non-hydrogen) atoms. The molecule has 0 N–H and O–H groups in total. The Morgan fingerprint density at radius 2 is 1.82 bits per heavy atom. The van der Waals surface area contributed by atoms with Crippen molar-refractivity contribution in [2.75, 3.05) is 0 Å². The molecular formula is C25H19N3. The normalized spacial score (nSPS) is 13.4. The highest BCUT2D eigenvalue weighted by molar-refractivity contribution is 6.14. The molecule has 0 spiro atoms. The molecule has 0 aliphatic heterocycles. The summed E-state index contributed by atoms with van der Waals surface area (Å²) in [6.45, 7) is 4.08. The van der Waals surface area contributed by atoms with E-state index in [0.717, 1.165) is 18.5 Å². The Bertz CT molecular complexity index is 1410. The highest BCUT2D eigenvalue weighted by atomic mass is 15.0. The number of hydrogen-bond acceptors (Lipinski definition) is 1. The summed E-state index contributed by atoms with van der Waals surface area (Å²) in [7, 11) is 0. The van der Waals surface area contributed by atoms with Crippen molar-refractivity contribution in [2.45, 2.75) is 12.8 Å². The third-order valence-electron chi connectivity index (χ3n) is 5.86. The second kappa shape index (κ2) is 5.70. The molecule has 1 aliphatic carbocycles. The van der Waals surface area contributed by atoms with Gasteiger partial charge in [0.1, 0.15) is 0 Å². The molecule has 2 aromatic carbocycles. The molecule has 134 valence electrons. The predicted octanol–water partition coefficient (Wildman–Crippen LogP) is 6.19. The molecule has 3 aromatic heterocycles. The number of nitrogens with zero attached hydrogens (tertiary/aromatic N) is 3. The van der Waals surface area contributed by atoms with Crippen LogP contribution in [0, 0.1) is 0 Å². The number of para-hydroxylation sites is 1. The number of fused-ring (bicyclic) bond motifs is 6. The molecule has 0 amide bonds. The van der Waals surface area contributed by atoms with Crippen LogP contribution in [0.15, 0.2) is 73.6 Å². The van der Waals surface area contributed by atoms with Gasteiger partial charge in [-0.3, -0.25) is 4.98 Å². The van der Waals surface area contributed by atoms with E-state index in [9.17, 15) is 0 Å². The second-order valence-electron chi connectivity index (χ2n) is 7.30. The number of benzene rings is 2. The van der Waals surface area contributed by atoms with Crippen LogP contribution in [0.25, 0.3) is 50.7 Å². The first-order valence-corrected chi connectivity index (χ1v) is 9.66. The summed E-state index contributed by atoms with van der Waals surface area (Å²) in [4.78, 5) is 4.35. The molecule has 5 aromatic rings. The van der Waals surface area contributed by atoms with Crippen molar-refractivity contribution in [3.05, 3.63) is 84.8 Å². The Labute approximate surface area is 162 Å². The number of rotatable bonds is 2. The monoisotopic (exact) mass is 361 g/mol. The maximum atomic E-state index is 4.35. The summed E-state index contributed by atoms with van der Waals surface area (Å²) in [5.74, 6) is 0. The van der Waals surface area contributed by atoms with Crippen molar-refractivity contribution in [1.29, 1.82) is 0 Å². The van der Waals surface area contributed by atoms with E-state index in [4.69, 9.17) is 0 Å². The summed E-state index contributed by atoms with van der Waals surface area (Å²) in [6.07, 6.45) is 12.4. The van der Waals surface area contributed by atoms with Crippen LogP contribution in [0.2, 0.25) is 0 Å². The maximum Gasteiger partial charge on any atom is 0.0645 e. The van der Waals surface area contributed by atoms with Gasteiger partial charge in [0.15, 0.2) is 0 Å². The lowest BCUT2D eigenvalue weighted by atomic mass is 10.0. The molecule has 6 rings (SSSR count). The quantitative estimate of drug-likeness (QED) is 0.367. The molecule has 0 fully saturated rings. The summed E-state index contributed by atoms with van der Waals surface area (Å²) in [6, 6.07) is 17.4. The molecule has 0 saturated carbocycles. The van der Waals surface area contributed by atoms with E-state index >= 15 is 0 Å². The summed E-state index contributed by atoms with van der Waals surface area (Å²) in [5, 5.41) is 3.80. The molecule has 0 unspecified atom stereocenters. The van der Waals surface area contributed by atoms with Crippen LogP contribution in [0.5, 0.6) is 0 Å². The Balaban J connectivity index is 1.84. The van der Waals surface area contributed by atoms with Crippen LogP contribution in [0.4, 0.5) is 0 Å². The minimum atomic E-state index is 1.06. The summed E-state index contributed by atoms with van der Waals surface area (Å²) < 4.78 is 4.59. The van der Waals surface area contributed by atoms with Gasteiger partial charge < -0.3 is 9.13 Å². The molecule has 1 aliphatic rings. The molecule has 0 saturated heterocycles. The minimum Gasteiger partial charge on any atom is -0.320 e. The Kier molecular flexibility index (Phi) is 3.15. The Morgan fingerprint density at radius 1 is 0.929 bits per heavy atom. The van der Waals surface area contributed by atoms with Crippen molar-refractivity contribution >= 4 is 45.0 Å². The van der Waals surface area contributed by atoms with E-state index in [1.165, 1.54) is 44.0 Å². The van der Waals surface area contributed by atoms with E-state index in [2.05, 4.69) is 75.3 Å². The zero-order chi connectivity index (χ0) is 18.7. The van der Waals surface area contributed by atoms with Gasteiger partial charge in [0.05, 0.1) is 28.4 Å². The zero-order valence-electron chi connectivity index (χ0n) is 15.5. The van der Waals surface area contributed by atoms with Crippen molar-refractivity contribution < 1.29 is 0 Å². The van der Waals surface area contributed by atoms with Crippen LogP contribution in [0.3, 0.4) is 0 Å². The standard InChI is InChI=1S/C25H19N3/c1-2-27-22-11-5-3-9-18(22)20-15-25-21(14-24(20)27)19-10-4-6-12-23(19)28(25)17-8-7-13-26-16-17/h2-4,6-10,12-16H,1,5,11H2. The van der Waals surface area contributed by atoms with Crippen LogP contribution in [0.1, 0.15) is 17.7 Å². The summed E-state index contributed by atoms with van der Waals surface area (Å²) >= 11 is 0. The summed E-state index contributed by atoms with van der Waals surface area (Å²) in [5.41, 5.74) is 7.41. The first kappa shape index (κ1) is 15.5. The van der Waals surface area contributed by atoms with Crippen molar-refractivity contribution in [3.8, 4) is 5.69 Å². The van der Waals surface area contributed by atoms with Crippen molar-refractivity contribution in [1.82, 2.24) is 14.1 Å². The SMILES string of the molecule is C=Cn1c2c(c3cc4c(cc31)c1ccccc1n4-c1cccnc1)C=CCC2. The lowest BCUT2D eigenvalue weighted by molar-refractivity contribution is 0.911. The average Bonchev–Trinajstić information content (AvgIpc) is 3.25. The van der Waals surface area contributed by atoms with E-state index in [0.29, 0.717) is 0 Å². The largest absolute Gasteiger partial charge is 0.320 e. The molecule has 0 radical (unpaired) electrons. The minimum absolute atomic E-state index is 1.06. The molecular weight excluding hydrogens is 342 g/mol. The molecule has 0 atom stereocenters. The number of allylic oxidation sites excluding steroid dienone is 1. The highest BCUT2D eigenvalue weighted by Gasteiger charge is 2.19. The predicted molar refractivity (Wildman–Crippen MR) is 118 cm³/mol. The smallest absolute Gasteiger partial charge is 0.0645 e. The molecule has 0 bridgehead atoms. The lowest BCUT2D eigenvalue weighted by Gasteiger charge is -2.08. The van der Waals surface area contributed by atoms with E-state index in [1.807, 2.05) is 24.7 Å². The lowest BCUT2D eigenvalue weighted by Crippen LogP contribution is -1.98. The molecule has 3 heterocycles. The van der Waals surface area contributed by atoms with Crippen molar-refractivity contribution in [2.24, 2.45) is 0 Å². The van der Waals surface area contributed by atoms with Gasteiger partial charge in [-0.15, -0.1) is 0 Å². The fourth-order valence-corrected chi connectivity index (χ4v) is 4.68. The number of hydrogen-bond donors (Lipinski definition) is 0. The highest BCUT2D eigenvalue weighted by Crippen LogP contribution is 2.38. The van der Waals surface area contributed by atoms with E-state index in [1.54, 1.807) is 0 Å². The third kappa shape index (κ3) is 1.96. The van der Waals surface area contributed by atoms with Crippen molar-refractivity contribution in [3.63, 3.8) is 0 Å². The van der Waals surface area contributed by atoms with Crippen LogP contribution < -0.4 is 0 Å². The average molecular weight is 361 g/mol. The first-order valence-electron chi connectivity index (χ1n) is 9.66. The van der Waals surface area contributed by atoms with Gasteiger partial charge in [-0.1, -0.05) is 36.9 Å². The van der Waals surface area contributed by atoms with Crippen LogP contribution in [-0.4, -0.2) is 14.1 Å². The first-order chi connectivity index (χ1) is 13.9. The van der Waals surface area contributed by atoms with Gasteiger partial charge in [-0.05, 0) is 43.2 Å². The topological polar surface area (TPSA) is 22.8 Å². The number of aromatic nitrogens is 3. The number of pyridine rings is 1. The van der Waals surface area contributed by atoms with Gasteiger partial charge in [0.2, 0.25) is 0 Å². The maximum absolute atomic E-state index is 4.35. The zero-order valence-corrected chi connectivity index (χ0v) is 15.5. The fraction of sp³-hybridized carbons (Fsp3) is 0.0800. The van der Waals surface area contributed by atoms with Gasteiger partial charge >= 0.3 is 0 Å². The fourth-order valence-electron chi connectivity index (χ4n) is 4.68. The van der Waals surface area contributed by atoms with Gasteiger partial charge in [-0.25, -0.2) is 0 Å². The van der Waals surface area contributed by atoms with E-state index in [-0.39, 0.29) is 0 Å². The Morgan fingerprint density at radius 3 is 2.68 bits per heavy atom.